The van der Waals surface area contributed by atoms with Crippen molar-refractivity contribution in [2.75, 3.05) is 18.4 Å². The lowest BCUT2D eigenvalue weighted by atomic mass is 9.65. The zero-order valence-electron chi connectivity index (χ0n) is 23.7. The number of nitrogens with one attached hydrogen (secondary N) is 1. The minimum absolute atomic E-state index is 0.0121. The summed E-state index contributed by atoms with van der Waals surface area (Å²) in [4.78, 5) is 9.52. The summed E-state index contributed by atoms with van der Waals surface area (Å²) in [6.45, 7) is 11.0. The van der Waals surface area contributed by atoms with Crippen molar-refractivity contribution in [3.8, 4) is 17.1 Å². The molecule has 2 atom stereocenters. The molecule has 0 amide bonds. The van der Waals surface area contributed by atoms with Gasteiger partial charge in [0.05, 0.1) is 23.3 Å². The van der Waals surface area contributed by atoms with Gasteiger partial charge < -0.3 is 9.47 Å². The highest BCUT2D eigenvalue weighted by atomic mass is 32.2. The van der Waals surface area contributed by atoms with Crippen molar-refractivity contribution in [2.45, 2.75) is 70.8 Å². The van der Waals surface area contributed by atoms with Crippen LogP contribution in [0.25, 0.3) is 11.3 Å². The standard InChI is InChI=1S/C31H39N3O4S/c1-18(2)13-24-17-38-30-21(5)29(27-19(3)9-7-10-20(27)4)32-31(33-30)34-39(35,36)26-12-8-11-22(16-26)28(24)23-14-25(15-23)37-6/h7-12,16,18,23-25,28H,13-15,17H2,1-6H3,(H,32,33,34)/t23-,24-,25+,28?/m1/s1. The second-order valence-corrected chi connectivity index (χ2v) is 13.3. The van der Waals surface area contributed by atoms with Crippen molar-refractivity contribution in [2.24, 2.45) is 17.8 Å². The number of fused-ring (bicyclic) bond motifs is 4. The first-order valence-corrected chi connectivity index (χ1v) is 15.3. The van der Waals surface area contributed by atoms with E-state index in [1.165, 1.54) is 0 Å². The van der Waals surface area contributed by atoms with Crippen molar-refractivity contribution >= 4 is 16.0 Å². The number of nitrogens with zero attached hydrogens (tertiary/aromatic N) is 2. The van der Waals surface area contributed by atoms with Crippen molar-refractivity contribution < 1.29 is 17.9 Å². The molecule has 7 nitrogen and oxygen atoms in total. The summed E-state index contributed by atoms with van der Waals surface area (Å²) >= 11 is 0. The number of benzene rings is 2. The molecule has 1 unspecified atom stereocenters. The van der Waals surface area contributed by atoms with Gasteiger partial charge in [0.15, 0.2) is 0 Å². The van der Waals surface area contributed by atoms with E-state index in [0.717, 1.165) is 47.1 Å². The molecule has 3 aromatic rings. The lowest BCUT2D eigenvalue weighted by Crippen LogP contribution is -2.39. The summed E-state index contributed by atoms with van der Waals surface area (Å²) < 4.78 is 42.0. The third-order valence-corrected chi connectivity index (χ3v) is 9.61. The minimum atomic E-state index is -3.93. The molecule has 208 valence electrons. The average molecular weight is 550 g/mol. The number of hydrogen-bond donors (Lipinski definition) is 1. The Morgan fingerprint density at radius 3 is 2.41 bits per heavy atom. The van der Waals surface area contributed by atoms with Crippen LogP contribution in [-0.4, -0.2) is 38.2 Å². The molecule has 1 fully saturated rings. The first-order chi connectivity index (χ1) is 18.6. The maximum absolute atomic E-state index is 13.6. The molecular formula is C31H39N3O4S. The van der Waals surface area contributed by atoms with Crippen molar-refractivity contribution in [3.05, 3.63) is 64.7 Å². The summed E-state index contributed by atoms with van der Waals surface area (Å²) in [6.07, 6.45) is 3.11. The summed E-state index contributed by atoms with van der Waals surface area (Å²) in [5, 5.41) is 0. The monoisotopic (exact) mass is 549 g/mol. The molecule has 4 bridgehead atoms. The maximum atomic E-state index is 13.6. The van der Waals surface area contributed by atoms with E-state index < -0.39 is 10.0 Å². The van der Waals surface area contributed by atoms with Gasteiger partial charge in [0.1, 0.15) is 0 Å². The van der Waals surface area contributed by atoms with E-state index in [1.807, 2.05) is 51.1 Å². The normalized spacial score (nSPS) is 24.1. The predicted octanol–water partition coefficient (Wildman–Crippen LogP) is 6.43. The van der Waals surface area contributed by atoms with Gasteiger partial charge in [-0.1, -0.05) is 44.2 Å². The fourth-order valence-electron chi connectivity index (χ4n) is 6.31. The van der Waals surface area contributed by atoms with Crippen LogP contribution in [0.1, 0.15) is 61.3 Å². The smallest absolute Gasteiger partial charge is 0.264 e. The number of ether oxygens (including phenoxy) is 2. The van der Waals surface area contributed by atoms with Gasteiger partial charge in [0, 0.05) is 24.2 Å². The van der Waals surface area contributed by atoms with E-state index >= 15 is 0 Å². The SMILES string of the molecule is CO[C@H]1C[C@@H](C2c3cccc(c3)S(=O)(=O)Nc3nc(c(C)c(-c4c(C)cccc4C)n3)OC[C@H]2CC(C)C)C1. The molecule has 39 heavy (non-hydrogen) atoms. The van der Waals surface area contributed by atoms with Crippen LogP contribution in [0.3, 0.4) is 0 Å². The van der Waals surface area contributed by atoms with E-state index in [9.17, 15) is 8.42 Å². The van der Waals surface area contributed by atoms with E-state index in [4.69, 9.17) is 14.5 Å². The number of anilines is 1. The first kappa shape index (κ1) is 27.6. The quantitative estimate of drug-likeness (QED) is 0.394. The molecule has 2 aliphatic rings. The lowest BCUT2D eigenvalue weighted by molar-refractivity contribution is -0.0207. The summed E-state index contributed by atoms with van der Waals surface area (Å²) in [7, 11) is -2.17. The molecule has 2 aromatic carbocycles. The molecule has 2 heterocycles. The topological polar surface area (TPSA) is 90.4 Å². The van der Waals surface area contributed by atoms with Gasteiger partial charge in [0.2, 0.25) is 11.8 Å². The van der Waals surface area contributed by atoms with E-state index in [2.05, 4.69) is 29.6 Å². The molecule has 5 rings (SSSR count). The zero-order chi connectivity index (χ0) is 27.9. The highest BCUT2D eigenvalue weighted by Gasteiger charge is 2.41. The third kappa shape index (κ3) is 5.54. The highest BCUT2D eigenvalue weighted by molar-refractivity contribution is 7.92. The molecule has 0 radical (unpaired) electrons. The van der Waals surface area contributed by atoms with Gasteiger partial charge >= 0.3 is 0 Å². The summed E-state index contributed by atoms with van der Waals surface area (Å²) in [5.41, 5.74) is 5.59. The van der Waals surface area contributed by atoms with Crippen LogP contribution in [-0.2, 0) is 14.8 Å². The van der Waals surface area contributed by atoms with Crippen molar-refractivity contribution in [3.63, 3.8) is 0 Å². The zero-order valence-corrected chi connectivity index (χ0v) is 24.5. The Balaban J connectivity index is 1.67. The van der Waals surface area contributed by atoms with Crippen molar-refractivity contribution in [1.29, 1.82) is 0 Å². The molecule has 1 aliphatic carbocycles. The largest absolute Gasteiger partial charge is 0.477 e. The van der Waals surface area contributed by atoms with E-state index in [1.54, 1.807) is 13.2 Å². The molecule has 0 spiro atoms. The van der Waals surface area contributed by atoms with Gasteiger partial charge in [-0.2, -0.15) is 4.98 Å². The average Bonchev–Trinajstić information content (AvgIpc) is 2.85. The number of hydrogen-bond acceptors (Lipinski definition) is 6. The molecule has 0 saturated heterocycles. The third-order valence-electron chi connectivity index (χ3n) is 8.29. The maximum Gasteiger partial charge on any atom is 0.264 e. The predicted molar refractivity (Wildman–Crippen MR) is 154 cm³/mol. The highest BCUT2D eigenvalue weighted by Crippen LogP contribution is 2.47. The van der Waals surface area contributed by atoms with Crippen LogP contribution < -0.4 is 9.46 Å². The molecule has 1 aliphatic heterocycles. The minimum Gasteiger partial charge on any atom is -0.477 e. The number of rotatable bonds is 5. The number of aromatic nitrogens is 2. The Morgan fingerprint density at radius 2 is 1.74 bits per heavy atom. The molecule has 1 saturated carbocycles. The van der Waals surface area contributed by atoms with Gasteiger partial charge in [0.25, 0.3) is 10.0 Å². The van der Waals surface area contributed by atoms with Crippen LogP contribution in [0, 0.1) is 38.5 Å². The second-order valence-electron chi connectivity index (χ2n) is 11.6. The van der Waals surface area contributed by atoms with Crippen LogP contribution >= 0.6 is 0 Å². The number of sulfonamides is 1. The fourth-order valence-corrected chi connectivity index (χ4v) is 7.31. The molecular weight excluding hydrogens is 510 g/mol. The number of methoxy groups -OCH3 is 1. The van der Waals surface area contributed by atoms with Crippen LogP contribution in [0.15, 0.2) is 47.4 Å². The van der Waals surface area contributed by atoms with Gasteiger partial charge in [-0.05, 0) is 86.6 Å². The van der Waals surface area contributed by atoms with Crippen LogP contribution in [0.4, 0.5) is 5.95 Å². The van der Waals surface area contributed by atoms with Gasteiger partial charge in [-0.15, -0.1) is 0 Å². The van der Waals surface area contributed by atoms with Gasteiger partial charge in [-0.3, -0.25) is 0 Å². The molecule has 8 heteroatoms. The Labute approximate surface area is 232 Å². The first-order valence-electron chi connectivity index (χ1n) is 13.8. The van der Waals surface area contributed by atoms with Gasteiger partial charge in [-0.25, -0.2) is 18.1 Å². The summed E-state index contributed by atoms with van der Waals surface area (Å²) in [5.74, 6) is 1.60. The van der Waals surface area contributed by atoms with Crippen LogP contribution in [0.2, 0.25) is 0 Å². The Kier molecular flexibility index (Phi) is 7.71. The Morgan fingerprint density at radius 1 is 1.05 bits per heavy atom. The van der Waals surface area contributed by atoms with E-state index in [-0.39, 0.29) is 28.8 Å². The summed E-state index contributed by atoms with van der Waals surface area (Å²) in [6, 6.07) is 13.4. The lowest BCUT2D eigenvalue weighted by Gasteiger charge is -2.43. The van der Waals surface area contributed by atoms with Crippen molar-refractivity contribution in [1.82, 2.24) is 9.97 Å². The second kappa shape index (κ2) is 10.9. The molecule has 1 N–H and O–H groups in total. The molecule has 1 aromatic heterocycles. The number of aryl methyl sites for hydroxylation is 2. The Hall–Kier alpha value is -2.97. The Bertz CT molecular complexity index is 1440. The van der Waals surface area contributed by atoms with E-state index in [0.29, 0.717) is 30.0 Å². The van der Waals surface area contributed by atoms with Crippen LogP contribution in [0.5, 0.6) is 5.88 Å². The fraction of sp³-hybridized carbons (Fsp3) is 0.484.